The van der Waals surface area contributed by atoms with Crippen molar-refractivity contribution in [2.45, 2.75) is 33.3 Å². The van der Waals surface area contributed by atoms with Crippen LogP contribution in [-0.2, 0) is 20.9 Å². The molecule has 1 atom stereocenters. The molecule has 0 amide bonds. The first-order chi connectivity index (χ1) is 8.34. The summed E-state index contributed by atoms with van der Waals surface area (Å²) in [4.78, 5) is 11.1. The molecule has 1 aliphatic heterocycles. The first-order valence-corrected chi connectivity index (χ1v) is 6.12. The van der Waals surface area contributed by atoms with E-state index in [-0.39, 0.29) is 13.4 Å². The van der Waals surface area contributed by atoms with E-state index in [1.165, 1.54) is 5.56 Å². The molecule has 0 N–H and O–H groups in total. The zero-order valence-corrected chi connectivity index (χ0v) is 9.93. The Bertz CT molecular complexity index is 348. The Hall–Kier alpha value is -1.35. The Morgan fingerprint density at radius 3 is 2.78 bits per heavy atom. The van der Waals surface area contributed by atoms with E-state index >= 15 is 0 Å². The Labute approximate surface area is 109 Å². The van der Waals surface area contributed by atoms with Gasteiger partial charge in [-0.05, 0) is 24.3 Å². The molecule has 1 aromatic rings. The lowest BCUT2D eigenvalue weighted by Crippen LogP contribution is -2.10. The first kappa shape index (κ1) is 14.7. The molecular weight excluding hydrogens is 228 g/mol. The molecule has 0 saturated carbocycles. The Morgan fingerprint density at radius 2 is 2.00 bits per heavy atom. The van der Waals surface area contributed by atoms with Gasteiger partial charge in [-0.15, -0.1) is 0 Å². The van der Waals surface area contributed by atoms with Crippen LogP contribution in [0.3, 0.4) is 0 Å². The fourth-order valence-corrected chi connectivity index (χ4v) is 1.96. The lowest BCUT2D eigenvalue weighted by Gasteiger charge is -2.12. The second-order valence-electron chi connectivity index (χ2n) is 4.41. The second kappa shape index (κ2) is 7.88. The number of hydrogen-bond acceptors (Lipinski definition) is 3. The highest BCUT2D eigenvalue weighted by atomic mass is 16.5. The molecule has 0 aromatic heterocycles. The SMILES string of the molecule is C.O=C1CCC(COCc2ccccc2)CCO1. The van der Waals surface area contributed by atoms with Crippen LogP contribution in [0.4, 0.5) is 0 Å². The van der Waals surface area contributed by atoms with Crippen molar-refractivity contribution in [3.63, 3.8) is 0 Å². The van der Waals surface area contributed by atoms with Crippen molar-refractivity contribution in [1.29, 1.82) is 0 Å². The first-order valence-electron chi connectivity index (χ1n) is 6.12. The van der Waals surface area contributed by atoms with Crippen LogP contribution < -0.4 is 0 Å². The van der Waals surface area contributed by atoms with E-state index in [1.54, 1.807) is 0 Å². The highest BCUT2D eigenvalue weighted by Crippen LogP contribution is 2.17. The molecule has 1 fully saturated rings. The van der Waals surface area contributed by atoms with Crippen LogP contribution in [0.5, 0.6) is 0 Å². The number of cyclic esters (lactones) is 1. The normalized spacial score (nSPS) is 19.6. The number of carbonyl (C=O) groups is 1. The lowest BCUT2D eigenvalue weighted by atomic mass is 10.0. The summed E-state index contributed by atoms with van der Waals surface area (Å²) in [7, 11) is 0. The summed E-state index contributed by atoms with van der Waals surface area (Å²) in [5.41, 5.74) is 1.19. The van der Waals surface area contributed by atoms with E-state index in [9.17, 15) is 4.79 Å². The largest absolute Gasteiger partial charge is 0.466 e. The van der Waals surface area contributed by atoms with Crippen molar-refractivity contribution < 1.29 is 14.3 Å². The lowest BCUT2D eigenvalue weighted by molar-refractivity contribution is -0.142. The van der Waals surface area contributed by atoms with Crippen molar-refractivity contribution in [1.82, 2.24) is 0 Å². The summed E-state index contributed by atoms with van der Waals surface area (Å²) in [6.07, 6.45) is 2.33. The van der Waals surface area contributed by atoms with Crippen molar-refractivity contribution >= 4 is 5.97 Å². The number of carbonyl (C=O) groups excluding carboxylic acids is 1. The molecule has 1 saturated heterocycles. The molecular formula is C15H22O3. The van der Waals surface area contributed by atoms with Gasteiger partial charge in [-0.2, -0.15) is 0 Å². The maximum absolute atomic E-state index is 11.1. The van der Waals surface area contributed by atoms with Crippen molar-refractivity contribution in [3.8, 4) is 0 Å². The fourth-order valence-electron chi connectivity index (χ4n) is 1.96. The van der Waals surface area contributed by atoms with Crippen LogP contribution in [-0.4, -0.2) is 19.2 Å². The van der Waals surface area contributed by atoms with Gasteiger partial charge in [-0.25, -0.2) is 0 Å². The summed E-state index contributed by atoms with van der Waals surface area (Å²) >= 11 is 0. The molecule has 0 radical (unpaired) electrons. The summed E-state index contributed by atoms with van der Waals surface area (Å²) < 4.78 is 10.7. The summed E-state index contributed by atoms with van der Waals surface area (Å²) in [6.45, 7) is 1.90. The van der Waals surface area contributed by atoms with Crippen molar-refractivity contribution in [2.75, 3.05) is 13.2 Å². The van der Waals surface area contributed by atoms with Crippen LogP contribution in [0.15, 0.2) is 30.3 Å². The maximum atomic E-state index is 11.1. The van der Waals surface area contributed by atoms with E-state index in [0.717, 1.165) is 12.8 Å². The summed E-state index contributed by atoms with van der Waals surface area (Å²) in [5, 5.41) is 0. The molecule has 1 aromatic carbocycles. The third-order valence-corrected chi connectivity index (χ3v) is 3.01. The second-order valence-corrected chi connectivity index (χ2v) is 4.41. The van der Waals surface area contributed by atoms with E-state index in [0.29, 0.717) is 32.2 Å². The van der Waals surface area contributed by atoms with Gasteiger partial charge in [-0.3, -0.25) is 4.79 Å². The monoisotopic (exact) mass is 250 g/mol. The highest BCUT2D eigenvalue weighted by molar-refractivity contribution is 5.69. The van der Waals surface area contributed by atoms with Gasteiger partial charge < -0.3 is 9.47 Å². The third-order valence-electron chi connectivity index (χ3n) is 3.01. The molecule has 1 heterocycles. The average molecular weight is 250 g/mol. The number of rotatable bonds is 4. The molecule has 100 valence electrons. The van der Waals surface area contributed by atoms with Gasteiger partial charge in [0, 0.05) is 13.0 Å². The maximum Gasteiger partial charge on any atom is 0.305 e. The third kappa shape index (κ3) is 4.88. The van der Waals surface area contributed by atoms with Gasteiger partial charge >= 0.3 is 5.97 Å². The molecule has 3 heteroatoms. The van der Waals surface area contributed by atoms with Gasteiger partial charge in [0.25, 0.3) is 0 Å². The molecule has 2 rings (SSSR count). The molecule has 1 aliphatic rings. The van der Waals surface area contributed by atoms with E-state index in [2.05, 4.69) is 12.1 Å². The van der Waals surface area contributed by atoms with Gasteiger partial charge in [-0.1, -0.05) is 37.8 Å². The molecule has 18 heavy (non-hydrogen) atoms. The molecule has 0 aliphatic carbocycles. The quantitative estimate of drug-likeness (QED) is 0.770. The number of ether oxygens (including phenoxy) is 2. The van der Waals surface area contributed by atoms with Crippen LogP contribution in [0.25, 0.3) is 0 Å². The van der Waals surface area contributed by atoms with E-state index in [1.807, 2.05) is 18.2 Å². The van der Waals surface area contributed by atoms with Crippen LogP contribution >= 0.6 is 0 Å². The fraction of sp³-hybridized carbons (Fsp3) is 0.533. The topological polar surface area (TPSA) is 35.5 Å². The average Bonchev–Trinajstić information content (AvgIpc) is 2.56. The van der Waals surface area contributed by atoms with Gasteiger partial charge in [0.15, 0.2) is 0 Å². The molecule has 0 spiro atoms. The minimum absolute atomic E-state index is 0. The predicted octanol–water partition coefficient (Wildman–Crippen LogP) is 3.18. The molecule has 1 unspecified atom stereocenters. The summed E-state index contributed by atoms with van der Waals surface area (Å²) in [6, 6.07) is 10.1. The minimum Gasteiger partial charge on any atom is -0.466 e. The molecule has 3 nitrogen and oxygen atoms in total. The zero-order valence-electron chi connectivity index (χ0n) is 9.93. The van der Waals surface area contributed by atoms with Gasteiger partial charge in [0.1, 0.15) is 0 Å². The van der Waals surface area contributed by atoms with Crippen LogP contribution in [0.2, 0.25) is 0 Å². The Balaban J connectivity index is 0.00000162. The van der Waals surface area contributed by atoms with Crippen LogP contribution in [0.1, 0.15) is 32.3 Å². The van der Waals surface area contributed by atoms with E-state index < -0.39 is 0 Å². The Kier molecular flexibility index (Phi) is 6.44. The standard InChI is InChI=1S/C14H18O3.CH4/c15-14-7-6-13(8-9-17-14)11-16-10-12-4-2-1-3-5-12;/h1-5,13H,6-11H2;1H4. The highest BCUT2D eigenvalue weighted by Gasteiger charge is 2.17. The molecule has 0 bridgehead atoms. The minimum atomic E-state index is -0.0736. The summed E-state index contributed by atoms with van der Waals surface area (Å²) in [5.74, 6) is 0.376. The number of hydrogen-bond donors (Lipinski definition) is 0. The van der Waals surface area contributed by atoms with E-state index in [4.69, 9.17) is 9.47 Å². The number of esters is 1. The van der Waals surface area contributed by atoms with Gasteiger partial charge in [0.2, 0.25) is 0 Å². The smallest absolute Gasteiger partial charge is 0.305 e. The Morgan fingerprint density at radius 1 is 1.22 bits per heavy atom. The predicted molar refractivity (Wildman–Crippen MR) is 71.1 cm³/mol. The number of benzene rings is 1. The van der Waals surface area contributed by atoms with Crippen molar-refractivity contribution in [2.24, 2.45) is 5.92 Å². The van der Waals surface area contributed by atoms with Gasteiger partial charge in [0.05, 0.1) is 13.2 Å². The zero-order chi connectivity index (χ0) is 11.9. The van der Waals surface area contributed by atoms with Crippen molar-refractivity contribution in [3.05, 3.63) is 35.9 Å². The van der Waals surface area contributed by atoms with Crippen LogP contribution in [0, 0.1) is 5.92 Å².